The normalized spacial score (nSPS) is 37.1. The van der Waals surface area contributed by atoms with Crippen molar-refractivity contribution in [1.29, 1.82) is 0 Å². The van der Waals surface area contributed by atoms with Gasteiger partial charge in [-0.1, -0.05) is 0 Å². The molecule has 0 aromatic carbocycles. The molecule has 3 nitrogen and oxygen atoms in total. The number of rotatable bonds is 2. The second kappa shape index (κ2) is 2.71. The van der Waals surface area contributed by atoms with Gasteiger partial charge in [0.15, 0.2) is 0 Å². The van der Waals surface area contributed by atoms with Gasteiger partial charge in [-0.2, -0.15) is 0 Å². The van der Waals surface area contributed by atoms with Gasteiger partial charge in [-0.25, -0.2) is 0 Å². The van der Waals surface area contributed by atoms with Crippen LogP contribution in [-0.2, 0) is 4.79 Å². The van der Waals surface area contributed by atoms with Crippen LogP contribution in [0.1, 0.15) is 25.7 Å². The molecule has 3 heteroatoms. The van der Waals surface area contributed by atoms with E-state index in [1.54, 1.807) is 0 Å². The molecule has 2 atom stereocenters. The number of carbonyl (C=O) groups excluding carboxylic acids is 1. The second-order valence-electron chi connectivity index (χ2n) is 4.74. The van der Waals surface area contributed by atoms with Crippen LogP contribution in [0.3, 0.4) is 0 Å². The first-order valence-corrected chi connectivity index (χ1v) is 5.35. The molecular formula is C10H16N2O. The zero-order valence-corrected chi connectivity index (χ0v) is 7.83. The van der Waals surface area contributed by atoms with Crippen LogP contribution in [0.2, 0.25) is 0 Å². The lowest BCUT2D eigenvalue weighted by Gasteiger charge is -2.48. The second-order valence-corrected chi connectivity index (χ2v) is 4.74. The summed E-state index contributed by atoms with van der Waals surface area (Å²) in [5, 5.41) is 3.44. The Morgan fingerprint density at radius 1 is 1.31 bits per heavy atom. The molecule has 3 aliphatic heterocycles. The molecule has 2 unspecified atom stereocenters. The van der Waals surface area contributed by atoms with E-state index in [1.165, 1.54) is 19.3 Å². The molecule has 3 saturated heterocycles. The molecule has 2 bridgehead atoms. The van der Waals surface area contributed by atoms with E-state index in [0.29, 0.717) is 18.0 Å². The first-order valence-electron chi connectivity index (χ1n) is 5.35. The summed E-state index contributed by atoms with van der Waals surface area (Å²) < 4.78 is 0. The fourth-order valence-corrected chi connectivity index (χ4v) is 2.42. The fourth-order valence-electron chi connectivity index (χ4n) is 2.42. The van der Waals surface area contributed by atoms with E-state index in [-0.39, 0.29) is 0 Å². The highest BCUT2D eigenvalue weighted by Crippen LogP contribution is 2.33. The van der Waals surface area contributed by atoms with Crippen LogP contribution in [0.25, 0.3) is 0 Å². The van der Waals surface area contributed by atoms with Gasteiger partial charge in [-0.15, -0.1) is 0 Å². The average Bonchev–Trinajstić information content (AvgIpc) is 2.87. The Morgan fingerprint density at radius 2 is 1.92 bits per heavy atom. The first kappa shape index (κ1) is 7.80. The predicted molar refractivity (Wildman–Crippen MR) is 49.2 cm³/mol. The summed E-state index contributed by atoms with van der Waals surface area (Å²) in [6.45, 7) is 1.92. The van der Waals surface area contributed by atoms with Gasteiger partial charge < -0.3 is 10.2 Å². The van der Waals surface area contributed by atoms with Gasteiger partial charge in [0.1, 0.15) is 0 Å². The van der Waals surface area contributed by atoms with Crippen molar-refractivity contribution in [3.05, 3.63) is 0 Å². The highest BCUT2D eigenvalue weighted by Gasteiger charge is 2.39. The maximum atomic E-state index is 11.7. The van der Waals surface area contributed by atoms with Crippen LogP contribution >= 0.6 is 0 Å². The molecule has 4 aliphatic rings. The zero-order chi connectivity index (χ0) is 8.84. The van der Waals surface area contributed by atoms with E-state index in [2.05, 4.69) is 10.2 Å². The Labute approximate surface area is 78.5 Å². The minimum absolute atomic E-state index is 0.402. The van der Waals surface area contributed by atoms with E-state index < -0.39 is 0 Å². The third-order valence-electron chi connectivity index (χ3n) is 3.43. The van der Waals surface area contributed by atoms with Crippen molar-refractivity contribution in [1.82, 2.24) is 10.2 Å². The summed E-state index contributed by atoms with van der Waals surface area (Å²) in [5.74, 6) is 1.14. The van der Waals surface area contributed by atoms with Crippen LogP contribution in [0.15, 0.2) is 0 Å². The zero-order valence-electron chi connectivity index (χ0n) is 7.83. The number of piperazine rings is 1. The summed E-state index contributed by atoms with van der Waals surface area (Å²) in [6.07, 6.45) is 4.67. The Kier molecular flexibility index (Phi) is 1.62. The molecule has 13 heavy (non-hydrogen) atoms. The molecule has 0 aromatic heterocycles. The first-order chi connectivity index (χ1) is 6.31. The topological polar surface area (TPSA) is 32.3 Å². The number of nitrogens with zero attached hydrogens (tertiary/aromatic N) is 1. The summed E-state index contributed by atoms with van der Waals surface area (Å²) >= 11 is 0. The van der Waals surface area contributed by atoms with Crippen molar-refractivity contribution in [2.45, 2.75) is 37.8 Å². The van der Waals surface area contributed by atoms with Gasteiger partial charge in [0.25, 0.3) is 0 Å². The lowest BCUT2D eigenvalue weighted by atomic mass is 9.91. The molecule has 4 rings (SSSR count). The smallest absolute Gasteiger partial charge is 0.222 e. The number of hydrogen-bond acceptors (Lipinski definition) is 2. The van der Waals surface area contributed by atoms with Crippen molar-refractivity contribution in [2.75, 3.05) is 13.1 Å². The molecule has 0 spiro atoms. The molecule has 1 amide bonds. The molecule has 0 aromatic rings. The molecule has 1 aliphatic carbocycles. The molecule has 1 N–H and O–H groups in total. The third-order valence-corrected chi connectivity index (χ3v) is 3.43. The maximum Gasteiger partial charge on any atom is 0.222 e. The lowest BCUT2D eigenvalue weighted by molar-refractivity contribution is -0.135. The van der Waals surface area contributed by atoms with Crippen molar-refractivity contribution in [2.24, 2.45) is 5.92 Å². The third kappa shape index (κ3) is 1.46. The number of piperidine rings is 1. The highest BCUT2D eigenvalue weighted by atomic mass is 16.2. The quantitative estimate of drug-likeness (QED) is 0.665. The van der Waals surface area contributed by atoms with Gasteiger partial charge in [-0.3, -0.25) is 4.79 Å². The minimum Gasteiger partial charge on any atom is -0.340 e. The van der Waals surface area contributed by atoms with Gasteiger partial charge in [0.05, 0.1) is 0 Å². The fraction of sp³-hybridized carbons (Fsp3) is 0.900. The number of nitrogens with one attached hydrogen (secondary N) is 1. The number of amides is 1. The summed E-state index contributed by atoms with van der Waals surface area (Å²) in [7, 11) is 0. The number of hydrogen-bond donors (Lipinski definition) is 1. The summed E-state index contributed by atoms with van der Waals surface area (Å²) in [5.41, 5.74) is 0. The molecule has 1 saturated carbocycles. The standard InChI is InChI=1S/C10H16N2O/c13-10(3-7-1-2-7)12-5-8-4-9(6-12)11-8/h7-9,11H,1-6H2. The van der Waals surface area contributed by atoms with E-state index in [4.69, 9.17) is 0 Å². The number of fused-ring (bicyclic) bond motifs is 2. The van der Waals surface area contributed by atoms with E-state index in [1.807, 2.05) is 0 Å². The lowest BCUT2D eigenvalue weighted by Crippen LogP contribution is -2.67. The summed E-state index contributed by atoms with van der Waals surface area (Å²) in [6, 6.07) is 1.23. The molecule has 4 fully saturated rings. The van der Waals surface area contributed by atoms with Gasteiger partial charge in [0.2, 0.25) is 5.91 Å². The maximum absolute atomic E-state index is 11.7. The van der Waals surface area contributed by atoms with E-state index >= 15 is 0 Å². The van der Waals surface area contributed by atoms with Crippen molar-refractivity contribution in [3.8, 4) is 0 Å². The Bertz CT molecular complexity index is 221. The molecule has 72 valence electrons. The van der Waals surface area contributed by atoms with Crippen molar-refractivity contribution < 1.29 is 4.79 Å². The Hall–Kier alpha value is -0.570. The van der Waals surface area contributed by atoms with Crippen LogP contribution < -0.4 is 5.32 Å². The van der Waals surface area contributed by atoms with Gasteiger partial charge in [0, 0.05) is 31.6 Å². The Morgan fingerprint density at radius 3 is 2.46 bits per heavy atom. The van der Waals surface area contributed by atoms with Crippen LogP contribution in [0.4, 0.5) is 0 Å². The molecule has 0 radical (unpaired) electrons. The largest absolute Gasteiger partial charge is 0.340 e. The highest BCUT2D eigenvalue weighted by molar-refractivity contribution is 5.77. The van der Waals surface area contributed by atoms with Gasteiger partial charge in [-0.05, 0) is 25.2 Å². The van der Waals surface area contributed by atoms with Crippen LogP contribution in [0, 0.1) is 5.92 Å². The summed E-state index contributed by atoms with van der Waals surface area (Å²) in [4.78, 5) is 13.8. The average molecular weight is 180 g/mol. The van der Waals surface area contributed by atoms with E-state index in [0.717, 1.165) is 25.4 Å². The van der Waals surface area contributed by atoms with Crippen LogP contribution in [-0.4, -0.2) is 36.0 Å². The van der Waals surface area contributed by atoms with Crippen LogP contribution in [0.5, 0.6) is 0 Å². The van der Waals surface area contributed by atoms with Gasteiger partial charge >= 0.3 is 0 Å². The molecular weight excluding hydrogens is 164 g/mol. The monoisotopic (exact) mass is 180 g/mol. The Balaban J connectivity index is 1.55. The van der Waals surface area contributed by atoms with Crippen molar-refractivity contribution in [3.63, 3.8) is 0 Å². The number of carbonyl (C=O) groups is 1. The minimum atomic E-state index is 0.402. The molecule has 3 heterocycles. The SMILES string of the molecule is O=C(CC1CC1)N1CC2CC(C1)N2. The predicted octanol–water partition coefficient (Wildman–Crippen LogP) is 0.359. The van der Waals surface area contributed by atoms with Crippen molar-refractivity contribution >= 4 is 5.91 Å². The van der Waals surface area contributed by atoms with E-state index in [9.17, 15) is 4.79 Å².